The number of ether oxygens (including phenoxy) is 3. The highest BCUT2D eigenvalue weighted by molar-refractivity contribution is 9.11. The van der Waals surface area contributed by atoms with Crippen LogP contribution in [0.5, 0.6) is 11.5 Å². The lowest BCUT2D eigenvalue weighted by Gasteiger charge is -2.13. The molecule has 8 heteroatoms. The van der Waals surface area contributed by atoms with E-state index in [0.29, 0.717) is 36.9 Å². The minimum atomic E-state index is -0.124. The molecule has 1 N–H and O–H groups in total. The molecular formula is C19H21BrN2O4S. The van der Waals surface area contributed by atoms with Crippen LogP contribution in [0.1, 0.15) is 16.1 Å². The average molecular weight is 453 g/mol. The third-order valence-electron chi connectivity index (χ3n) is 4.14. The van der Waals surface area contributed by atoms with Gasteiger partial charge in [-0.05, 0) is 45.8 Å². The zero-order valence-corrected chi connectivity index (χ0v) is 17.8. The van der Waals surface area contributed by atoms with Crippen LogP contribution in [0.15, 0.2) is 34.1 Å². The van der Waals surface area contributed by atoms with Gasteiger partial charge in [-0.25, -0.2) is 0 Å². The maximum absolute atomic E-state index is 12.7. The largest absolute Gasteiger partial charge is 0.497 e. The number of carbonyl (C=O) groups is 1. The van der Waals surface area contributed by atoms with E-state index >= 15 is 0 Å². The molecule has 6 nitrogen and oxygen atoms in total. The first-order chi connectivity index (χ1) is 13.0. The van der Waals surface area contributed by atoms with Crippen LogP contribution < -0.4 is 14.8 Å². The Bertz CT molecular complexity index is 928. The average Bonchev–Trinajstić information content (AvgIpc) is 3.18. The number of benzene rings is 1. The molecule has 3 rings (SSSR count). The fourth-order valence-corrected chi connectivity index (χ4v) is 4.43. The SMILES string of the molecule is COCCNC(=O)c1cc2sc(Br)cc2n1Cc1cc(OC)cc(OC)c1. The molecule has 2 heterocycles. The lowest BCUT2D eigenvalue weighted by atomic mass is 10.2. The number of aromatic nitrogens is 1. The van der Waals surface area contributed by atoms with Crippen molar-refractivity contribution in [3.63, 3.8) is 0 Å². The summed E-state index contributed by atoms with van der Waals surface area (Å²) in [4.78, 5) is 12.7. The van der Waals surface area contributed by atoms with Gasteiger partial charge in [-0.3, -0.25) is 4.79 Å². The normalized spacial score (nSPS) is 11.0. The molecule has 0 aliphatic heterocycles. The van der Waals surface area contributed by atoms with Gasteiger partial charge in [0.05, 0.1) is 34.8 Å². The van der Waals surface area contributed by atoms with E-state index in [1.807, 2.05) is 34.9 Å². The topological polar surface area (TPSA) is 61.7 Å². The van der Waals surface area contributed by atoms with Gasteiger partial charge in [0.25, 0.3) is 5.91 Å². The summed E-state index contributed by atoms with van der Waals surface area (Å²) in [5.74, 6) is 1.30. The number of nitrogens with zero attached hydrogens (tertiary/aromatic N) is 1. The predicted molar refractivity (Wildman–Crippen MR) is 110 cm³/mol. The minimum absolute atomic E-state index is 0.124. The van der Waals surface area contributed by atoms with E-state index in [9.17, 15) is 4.79 Å². The molecule has 0 aliphatic carbocycles. The highest BCUT2D eigenvalue weighted by Crippen LogP contribution is 2.33. The molecule has 2 aromatic heterocycles. The molecule has 144 valence electrons. The molecule has 0 atom stereocenters. The number of rotatable bonds is 8. The molecule has 3 aromatic rings. The fraction of sp³-hybridized carbons (Fsp3) is 0.316. The zero-order valence-electron chi connectivity index (χ0n) is 15.4. The highest BCUT2D eigenvalue weighted by atomic mass is 79.9. The number of halogens is 1. The zero-order chi connectivity index (χ0) is 19.4. The van der Waals surface area contributed by atoms with Gasteiger partial charge in [0.2, 0.25) is 0 Å². The Morgan fingerprint density at radius 3 is 2.44 bits per heavy atom. The van der Waals surface area contributed by atoms with Crippen LogP contribution in [0, 0.1) is 0 Å². The summed E-state index contributed by atoms with van der Waals surface area (Å²) >= 11 is 5.13. The van der Waals surface area contributed by atoms with Crippen molar-refractivity contribution in [2.24, 2.45) is 0 Å². The molecule has 0 fully saturated rings. The molecule has 1 amide bonds. The van der Waals surface area contributed by atoms with Crippen molar-refractivity contribution in [2.45, 2.75) is 6.54 Å². The monoisotopic (exact) mass is 452 g/mol. The Balaban J connectivity index is 1.99. The molecule has 0 saturated carbocycles. The summed E-state index contributed by atoms with van der Waals surface area (Å²) in [5.41, 5.74) is 2.60. The van der Waals surface area contributed by atoms with E-state index in [1.54, 1.807) is 32.7 Å². The molecular weight excluding hydrogens is 432 g/mol. The third kappa shape index (κ3) is 4.45. The van der Waals surface area contributed by atoms with E-state index in [2.05, 4.69) is 21.2 Å². The van der Waals surface area contributed by atoms with Gasteiger partial charge in [-0.2, -0.15) is 0 Å². The maximum Gasteiger partial charge on any atom is 0.268 e. The number of methoxy groups -OCH3 is 3. The van der Waals surface area contributed by atoms with Gasteiger partial charge < -0.3 is 24.1 Å². The van der Waals surface area contributed by atoms with Crippen LogP contribution in [0.4, 0.5) is 0 Å². The summed E-state index contributed by atoms with van der Waals surface area (Å²) in [5, 5.41) is 2.90. The van der Waals surface area contributed by atoms with Gasteiger partial charge in [0.15, 0.2) is 0 Å². The van der Waals surface area contributed by atoms with Crippen LogP contribution in [-0.4, -0.2) is 45.0 Å². The first-order valence-corrected chi connectivity index (χ1v) is 9.94. The minimum Gasteiger partial charge on any atom is -0.497 e. The summed E-state index contributed by atoms with van der Waals surface area (Å²) in [6.07, 6.45) is 0. The Hall–Kier alpha value is -2.03. The second-order valence-electron chi connectivity index (χ2n) is 5.89. The first kappa shape index (κ1) is 19.7. The lowest BCUT2D eigenvalue weighted by Crippen LogP contribution is -2.29. The summed E-state index contributed by atoms with van der Waals surface area (Å²) in [7, 11) is 4.85. The molecule has 27 heavy (non-hydrogen) atoms. The van der Waals surface area contributed by atoms with E-state index in [4.69, 9.17) is 14.2 Å². The fourth-order valence-electron chi connectivity index (χ4n) is 2.87. The van der Waals surface area contributed by atoms with Crippen molar-refractivity contribution in [1.29, 1.82) is 0 Å². The Morgan fingerprint density at radius 2 is 1.81 bits per heavy atom. The number of hydrogen-bond acceptors (Lipinski definition) is 5. The van der Waals surface area contributed by atoms with Crippen LogP contribution >= 0.6 is 27.3 Å². The Labute approximate surface area is 170 Å². The van der Waals surface area contributed by atoms with Gasteiger partial charge >= 0.3 is 0 Å². The number of fused-ring (bicyclic) bond motifs is 1. The number of amides is 1. The maximum atomic E-state index is 12.7. The van der Waals surface area contributed by atoms with Crippen LogP contribution in [0.2, 0.25) is 0 Å². The standard InChI is InChI=1S/C19H21BrN2O4S/c1-24-5-4-21-19(23)16-9-17-15(10-18(20)27-17)22(16)11-12-6-13(25-2)8-14(7-12)26-3/h6-10H,4-5,11H2,1-3H3,(H,21,23). The van der Waals surface area contributed by atoms with Crippen molar-refractivity contribution in [3.05, 3.63) is 45.4 Å². The molecule has 0 aliphatic rings. The molecule has 0 spiro atoms. The molecule has 0 unspecified atom stereocenters. The summed E-state index contributed by atoms with van der Waals surface area (Å²) in [6.45, 7) is 1.46. The highest BCUT2D eigenvalue weighted by Gasteiger charge is 2.18. The van der Waals surface area contributed by atoms with E-state index in [0.717, 1.165) is 19.6 Å². The molecule has 0 radical (unpaired) electrons. The van der Waals surface area contributed by atoms with Crippen molar-refractivity contribution in [3.8, 4) is 11.5 Å². The number of hydrogen-bond donors (Lipinski definition) is 1. The van der Waals surface area contributed by atoms with Crippen LogP contribution in [0.25, 0.3) is 10.2 Å². The predicted octanol–water partition coefficient (Wildman–Crippen LogP) is 3.91. The smallest absolute Gasteiger partial charge is 0.268 e. The molecule has 0 saturated heterocycles. The van der Waals surface area contributed by atoms with Gasteiger partial charge in [0, 0.05) is 26.3 Å². The van der Waals surface area contributed by atoms with Gasteiger partial charge in [-0.15, -0.1) is 11.3 Å². The Morgan fingerprint density at radius 1 is 1.11 bits per heavy atom. The van der Waals surface area contributed by atoms with E-state index < -0.39 is 0 Å². The lowest BCUT2D eigenvalue weighted by molar-refractivity contribution is 0.0928. The van der Waals surface area contributed by atoms with Crippen molar-refractivity contribution in [2.75, 3.05) is 34.5 Å². The van der Waals surface area contributed by atoms with Gasteiger partial charge in [0.1, 0.15) is 17.2 Å². The summed E-state index contributed by atoms with van der Waals surface area (Å²) in [6, 6.07) is 9.67. The number of nitrogens with one attached hydrogen (secondary N) is 1. The molecule has 0 bridgehead atoms. The number of carbonyl (C=O) groups excluding carboxylic acids is 1. The van der Waals surface area contributed by atoms with E-state index in [1.165, 1.54) is 0 Å². The van der Waals surface area contributed by atoms with Crippen LogP contribution in [0.3, 0.4) is 0 Å². The van der Waals surface area contributed by atoms with Gasteiger partial charge in [-0.1, -0.05) is 0 Å². The number of thiophene rings is 1. The quantitative estimate of drug-likeness (QED) is 0.526. The Kier molecular flexibility index (Phi) is 6.41. The van der Waals surface area contributed by atoms with E-state index in [-0.39, 0.29) is 5.91 Å². The second-order valence-corrected chi connectivity index (χ2v) is 8.35. The van der Waals surface area contributed by atoms with Crippen molar-refractivity contribution in [1.82, 2.24) is 9.88 Å². The molecule has 1 aromatic carbocycles. The summed E-state index contributed by atoms with van der Waals surface area (Å²) < 4.78 is 19.8. The van der Waals surface area contributed by atoms with Crippen LogP contribution in [-0.2, 0) is 11.3 Å². The first-order valence-electron chi connectivity index (χ1n) is 8.33. The van der Waals surface area contributed by atoms with Crippen molar-refractivity contribution < 1.29 is 19.0 Å². The van der Waals surface area contributed by atoms with Crippen molar-refractivity contribution >= 4 is 43.4 Å². The third-order valence-corrected chi connectivity index (χ3v) is 5.71. The second kappa shape index (κ2) is 8.77.